The standard InChI is InChI=1S/C12H21F2IO2/c1-4-5-6-7-10(15)8-12(13,14)11(16)17-9(2)3/h9-10H,4-8H2,1-3H3. The zero-order chi connectivity index (χ0) is 13.5. The summed E-state index contributed by atoms with van der Waals surface area (Å²) in [4.78, 5) is 11.2. The molecule has 0 saturated carbocycles. The lowest BCUT2D eigenvalue weighted by Crippen LogP contribution is -2.34. The van der Waals surface area contributed by atoms with Crippen molar-refractivity contribution in [3.63, 3.8) is 0 Å². The largest absolute Gasteiger partial charge is 0.459 e. The van der Waals surface area contributed by atoms with Crippen LogP contribution in [0.25, 0.3) is 0 Å². The normalized spacial score (nSPS) is 13.8. The van der Waals surface area contributed by atoms with Gasteiger partial charge in [0.15, 0.2) is 0 Å². The molecule has 0 aliphatic carbocycles. The van der Waals surface area contributed by atoms with Gasteiger partial charge in [-0.15, -0.1) is 0 Å². The number of esters is 1. The highest BCUT2D eigenvalue weighted by atomic mass is 127. The Kier molecular flexibility index (Phi) is 8.24. The number of ether oxygens (including phenoxy) is 1. The molecular formula is C12H21F2IO2. The van der Waals surface area contributed by atoms with E-state index in [0.29, 0.717) is 0 Å². The summed E-state index contributed by atoms with van der Waals surface area (Å²) in [6.45, 7) is 5.20. The van der Waals surface area contributed by atoms with Crippen LogP contribution in [-0.2, 0) is 9.53 Å². The average Bonchev–Trinajstić information content (AvgIpc) is 2.16. The van der Waals surface area contributed by atoms with Crippen molar-refractivity contribution in [2.45, 2.75) is 68.8 Å². The Balaban J connectivity index is 4.09. The van der Waals surface area contributed by atoms with E-state index in [-0.39, 0.29) is 3.92 Å². The Labute approximate surface area is 116 Å². The van der Waals surface area contributed by atoms with Crippen LogP contribution in [0.3, 0.4) is 0 Å². The van der Waals surface area contributed by atoms with Gasteiger partial charge in [0.05, 0.1) is 6.10 Å². The van der Waals surface area contributed by atoms with Gasteiger partial charge in [-0.25, -0.2) is 4.79 Å². The third-order valence-electron chi connectivity index (χ3n) is 2.24. The Morgan fingerprint density at radius 2 is 1.94 bits per heavy atom. The summed E-state index contributed by atoms with van der Waals surface area (Å²) in [5.41, 5.74) is 0. The van der Waals surface area contributed by atoms with Crippen molar-refractivity contribution in [3.05, 3.63) is 0 Å². The van der Waals surface area contributed by atoms with Crippen molar-refractivity contribution in [2.75, 3.05) is 0 Å². The molecule has 5 heteroatoms. The minimum Gasteiger partial charge on any atom is -0.459 e. The van der Waals surface area contributed by atoms with E-state index in [0.717, 1.165) is 25.7 Å². The Hall–Kier alpha value is 0.0600. The van der Waals surface area contributed by atoms with Crippen molar-refractivity contribution in [3.8, 4) is 0 Å². The van der Waals surface area contributed by atoms with Crippen molar-refractivity contribution in [1.29, 1.82) is 0 Å². The summed E-state index contributed by atoms with van der Waals surface area (Å²) in [6.07, 6.45) is 2.83. The molecule has 0 bridgehead atoms. The minimum absolute atomic E-state index is 0.186. The van der Waals surface area contributed by atoms with Crippen LogP contribution in [0.15, 0.2) is 0 Å². The molecule has 0 aromatic carbocycles. The summed E-state index contributed by atoms with van der Waals surface area (Å²) in [5, 5.41) is 0. The van der Waals surface area contributed by atoms with Gasteiger partial charge in [0, 0.05) is 10.3 Å². The van der Waals surface area contributed by atoms with E-state index in [1.807, 2.05) is 22.6 Å². The van der Waals surface area contributed by atoms with E-state index in [2.05, 4.69) is 11.7 Å². The monoisotopic (exact) mass is 362 g/mol. The highest BCUT2D eigenvalue weighted by Crippen LogP contribution is 2.28. The molecule has 102 valence electrons. The molecule has 0 aromatic rings. The molecule has 0 N–H and O–H groups in total. The summed E-state index contributed by atoms with van der Waals surface area (Å²) in [6, 6.07) is 0. The van der Waals surface area contributed by atoms with E-state index in [9.17, 15) is 13.6 Å². The SMILES string of the molecule is CCCCCC(I)CC(F)(F)C(=O)OC(C)C. The summed E-state index contributed by atoms with van der Waals surface area (Å²) in [5.74, 6) is -4.76. The van der Waals surface area contributed by atoms with Crippen molar-refractivity contribution in [2.24, 2.45) is 0 Å². The summed E-state index contributed by atoms with van der Waals surface area (Å²) >= 11 is 1.99. The second kappa shape index (κ2) is 8.21. The Morgan fingerprint density at radius 3 is 2.41 bits per heavy atom. The number of unbranched alkanes of at least 4 members (excludes halogenated alkanes) is 2. The predicted molar refractivity (Wildman–Crippen MR) is 72.7 cm³/mol. The molecule has 2 nitrogen and oxygen atoms in total. The highest BCUT2D eigenvalue weighted by Gasteiger charge is 2.42. The Bertz CT molecular complexity index is 233. The second-order valence-corrected chi connectivity index (χ2v) is 6.22. The molecule has 0 rings (SSSR count). The third kappa shape index (κ3) is 7.89. The first-order valence-electron chi connectivity index (χ1n) is 6.02. The lowest BCUT2D eigenvalue weighted by molar-refractivity contribution is -0.176. The van der Waals surface area contributed by atoms with Crippen LogP contribution in [0.5, 0.6) is 0 Å². The maximum atomic E-state index is 13.5. The molecule has 0 amide bonds. The first kappa shape index (κ1) is 17.1. The molecule has 17 heavy (non-hydrogen) atoms. The smallest absolute Gasteiger partial charge is 0.377 e. The number of rotatable bonds is 8. The number of halogens is 3. The average molecular weight is 362 g/mol. The zero-order valence-corrected chi connectivity index (χ0v) is 12.8. The van der Waals surface area contributed by atoms with Crippen LogP contribution in [0.4, 0.5) is 8.78 Å². The quantitative estimate of drug-likeness (QED) is 0.278. The van der Waals surface area contributed by atoms with E-state index in [1.54, 1.807) is 13.8 Å². The molecular weight excluding hydrogens is 341 g/mol. The van der Waals surface area contributed by atoms with Crippen molar-refractivity contribution in [1.82, 2.24) is 0 Å². The number of hydrogen-bond acceptors (Lipinski definition) is 2. The fourth-order valence-corrected chi connectivity index (χ4v) is 2.37. The van der Waals surface area contributed by atoms with E-state index in [1.165, 1.54) is 0 Å². The molecule has 0 aliphatic heterocycles. The number of carbonyl (C=O) groups excluding carboxylic acids is 1. The van der Waals surface area contributed by atoms with Crippen LogP contribution in [0, 0.1) is 0 Å². The van der Waals surface area contributed by atoms with Crippen LogP contribution >= 0.6 is 22.6 Å². The molecule has 0 heterocycles. The predicted octanol–water partition coefficient (Wildman–Crippen LogP) is 4.35. The zero-order valence-electron chi connectivity index (χ0n) is 10.6. The van der Waals surface area contributed by atoms with Gasteiger partial charge in [-0.05, 0) is 20.3 Å². The molecule has 0 spiro atoms. The molecule has 0 fully saturated rings. The maximum absolute atomic E-state index is 13.5. The van der Waals surface area contributed by atoms with Gasteiger partial charge in [-0.2, -0.15) is 8.78 Å². The fourth-order valence-electron chi connectivity index (χ4n) is 1.38. The lowest BCUT2D eigenvalue weighted by atomic mass is 10.1. The fraction of sp³-hybridized carbons (Fsp3) is 0.917. The van der Waals surface area contributed by atoms with Gasteiger partial charge < -0.3 is 4.74 Å². The highest BCUT2D eigenvalue weighted by molar-refractivity contribution is 14.1. The van der Waals surface area contributed by atoms with Crippen LogP contribution in [0.2, 0.25) is 0 Å². The topological polar surface area (TPSA) is 26.3 Å². The first-order chi connectivity index (χ1) is 7.79. The number of hydrogen-bond donors (Lipinski definition) is 0. The number of carbonyl (C=O) groups is 1. The number of alkyl halides is 3. The maximum Gasteiger partial charge on any atom is 0.377 e. The second-order valence-electron chi connectivity index (χ2n) is 4.46. The molecule has 0 aliphatic rings. The molecule has 1 unspecified atom stereocenters. The van der Waals surface area contributed by atoms with E-state index >= 15 is 0 Å². The van der Waals surface area contributed by atoms with E-state index < -0.39 is 24.4 Å². The van der Waals surface area contributed by atoms with Crippen LogP contribution in [0.1, 0.15) is 52.9 Å². The first-order valence-corrected chi connectivity index (χ1v) is 7.27. The summed E-state index contributed by atoms with van der Waals surface area (Å²) in [7, 11) is 0. The van der Waals surface area contributed by atoms with Gasteiger partial charge in [0.1, 0.15) is 0 Å². The van der Waals surface area contributed by atoms with Crippen LogP contribution < -0.4 is 0 Å². The van der Waals surface area contributed by atoms with E-state index in [4.69, 9.17) is 0 Å². The van der Waals surface area contributed by atoms with Gasteiger partial charge in [-0.3, -0.25) is 0 Å². The Morgan fingerprint density at radius 1 is 1.35 bits per heavy atom. The van der Waals surface area contributed by atoms with Gasteiger partial charge in [0.2, 0.25) is 0 Å². The van der Waals surface area contributed by atoms with Crippen LogP contribution in [-0.4, -0.2) is 21.9 Å². The van der Waals surface area contributed by atoms with Gasteiger partial charge in [0.25, 0.3) is 0 Å². The molecule has 1 atom stereocenters. The lowest BCUT2D eigenvalue weighted by Gasteiger charge is -2.19. The van der Waals surface area contributed by atoms with Crippen molar-refractivity contribution >= 4 is 28.6 Å². The van der Waals surface area contributed by atoms with Gasteiger partial charge >= 0.3 is 11.9 Å². The molecule has 0 aromatic heterocycles. The molecule has 0 saturated heterocycles. The van der Waals surface area contributed by atoms with Gasteiger partial charge in [-0.1, -0.05) is 48.8 Å². The summed E-state index contributed by atoms with van der Waals surface area (Å²) < 4.78 is 31.3. The minimum atomic E-state index is -3.36. The van der Waals surface area contributed by atoms with Crippen molar-refractivity contribution < 1.29 is 18.3 Å². The third-order valence-corrected chi connectivity index (χ3v) is 3.30. The molecule has 0 radical (unpaired) electrons.